The van der Waals surface area contributed by atoms with Gasteiger partial charge < -0.3 is 19.5 Å². The molecule has 2 aliphatic heterocycles. The van der Waals surface area contributed by atoms with Crippen molar-refractivity contribution in [3.05, 3.63) is 59.7 Å². The van der Waals surface area contributed by atoms with Crippen LogP contribution in [0.15, 0.2) is 48.5 Å². The summed E-state index contributed by atoms with van der Waals surface area (Å²) in [5.41, 5.74) is 2.31. The molecular weight excluding hydrogens is 278 g/mol. The van der Waals surface area contributed by atoms with Crippen molar-refractivity contribution in [3.63, 3.8) is 0 Å². The maximum Gasteiger partial charge on any atom is 0.163 e. The number of aliphatic hydroxyl groups is 1. The van der Waals surface area contributed by atoms with Gasteiger partial charge >= 0.3 is 0 Å². The summed E-state index contributed by atoms with van der Waals surface area (Å²) in [6, 6.07) is 16.1. The lowest BCUT2D eigenvalue weighted by Crippen LogP contribution is -2.41. The highest BCUT2D eigenvalue weighted by Gasteiger charge is 2.53. The van der Waals surface area contributed by atoms with Crippen LogP contribution in [0.4, 0.5) is 5.69 Å². The first-order chi connectivity index (χ1) is 10.7. The van der Waals surface area contributed by atoms with Crippen molar-refractivity contribution in [1.82, 2.24) is 0 Å². The highest BCUT2D eigenvalue weighted by atomic mass is 16.5. The van der Waals surface area contributed by atoms with Crippen LogP contribution < -0.4 is 9.64 Å². The molecule has 0 amide bonds. The highest BCUT2D eigenvalue weighted by Crippen LogP contribution is 2.49. The van der Waals surface area contributed by atoms with Crippen LogP contribution in [-0.4, -0.2) is 25.1 Å². The molecule has 4 rings (SSSR count). The van der Waals surface area contributed by atoms with E-state index in [9.17, 15) is 5.11 Å². The molecule has 1 N–H and O–H groups in total. The zero-order valence-corrected chi connectivity index (χ0v) is 12.5. The summed E-state index contributed by atoms with van der Waals surface area (Å²) in [4.78, 5) is 2.16. The van der Waals surface area contributed by atoms with E-state index in [1.54, 1.807) is 7.11 Å². The lowest BCUT2D eigenvalue weighted by atomic mass is 9.93. The van der Waals surface area contributed by atoms with Crippen LogP contribution in [0, 0.1) is 0 Å². The molecule has 0 bridgehead atoms. The number of rotatable bonds is 3. The van der Waals surface area contributed by atoms with E-state index in [1.165, 1.54) is 0 Å². The second kappa shape index (κ2) is 5.00. The number of benzene rings is 2. The minimum Gasteiger partial charge on any atom is -0.497 e. The Morgan fingerprint density at radius 1 is 1.23 bits per heavy atom. The third-order valence-electron chi connectivity index (χ3n) is 4.64. The van der Waals surface area contributed by atoms with Gasteiger partial charge in [-0.05, 0) is 23.8 Å². The quantitative estimate of drug-likeness (QED) is 0.946. The number of nitrogens with zero attached hydrogens (tertiary/aromatic N) is 1. The zero-order valence-electron chi connectivity index (χ0n) is 12.5. The summed E-state index contributed by atoms with van der Waals surface area (Å²) >= 11 is 0. The van der Waals surface area contributed by atoms with E-state index in [2.05, 4.69) is 11.0 Å². The number of hydrogen-bond acceptors (Lipinski definition) is 4. The molecule has 1 fully saturated rings. The van der Waals surface area contributed by atoms with Gasteiger partial charge in [0.05, 0.1) is 13.7 Å². The van der Waals surface area contributed by atoms with Crippen LogP contribution in [0.5, 0.6) is 5.75 Å². The van der Waals surface area contributed by atoms with Crippen LogP contribution >= 0.6 is 0 Å². The van der Waals surface area contributed by atoms with Crippen LogP contribution in [0.2, 0.25) is 0 Å². The topological polar surface area (TPSA) is 41.9 Å². The molecule has 2 aromatic rings. The molecule has 0 aromatic heterocycles. The molecule has 4 heteroatoms. The minimum absolute atomic E-state index is 0.299. The first-order valence-corrected chi connectivity index (χ1v) is 7.55. The van der Waals surface area contributed by atoms with E-state index in [1.807, 2.05) is 42.5 Å². The maximum atomic E-state index is 11.0. The molecule has 2 aliphatic rings. The first-order valence-electron chi connectivity index (χ1n) is 7.55. The predicted octanol–water partition coefficient (Wildman–Crippen LogP) is 2.65. The summed E-state index contributed by atoms with van der Waals surface area (Å²) in [5.74, 6) is 0.846. The fourth-order valence-electron chi connectivity index (χ4n) is 3.52. The molecule has 4 nitrogen and oxygen atoms in total. The molecule has 22 heavy (non-hydrogen) atoms. The third kappa shape index (κ3) is 1.91. The van der Waals surface area contributed by atoms with Gasteiger partial charge in [0.1, 0.15) is 11.4 Å². The van der Waals surface area contributed by atoms with Crippen LogP contribution in [0.25, 0.3) is 0 Å². The van der Waals surface area contributed by atoms with Gasteiger partial charge in [-0.2, -0.15) is 0 Å². The number of anilines is 1. The molecule has 114 valence electrons. The van der Waals surface area contributed by atoms with E-state index < -0.39 is 5.60 Å². The van der Waals surface area contributed by atoms with Crippen molar-refractivity contribution in [1.29, 1.82) is 0 Å². The van der Waals surface area contributed by atoms with Crippen LogP contribution in [0.3, 0.4) is 0 Å². The summed E-state index contributed by atoms with van der Waals surface area (Å²) < 4.78 is 11.0. The summed E-state index contributed by atoms with van der Waals surface area (Å²) in [6.07, 6.45) is 0.348. The van der Waals surface area contributed by atoms with Gasteiger partial charge in [-0.3, -0.25) is 0 Å². The van der Waals surface area contributed by atoms with Crippen molar-refractivity contribution in [2.24, 2.45) is 0 Å². The van der Waals surface area contributed by atoms with Crippen molar-refractivity contribution in [3.8, 4) is 5.75 Å². The Balaban J connectivity index is 1.69. The van der Waals surface area contributed by atoms with E-state index in [-0.39, 0.29) is 6.23 Å². The number of ether oxygens (including phenoxy) is 2. The van der Waals surface area contributed by atoms with Crippen molar-refractivity contribution < 1.29 is 14.6 Å². The molecule has 0 unspecified atom stereocenters. The number of para-hydroxylation sites is 1. The molecule has 2 heterocycles. The largest absolute Gasteiger partial charge is 0.497 e. The fourth-order valence-corrected chi connectivity index (χ4v) is 3.52. The summed E-state index contributed by atoms with van der Waals surface area (Å²) in [6.45, 7) is 1.29. The SMILES string of the molecule is COc1ccc(CN2c3ccccc3[C@]3(O)CCO[C@H]23)cc1. The van der Waals surface area contributed by atoms with Crippen molar-refractivity contribution in [2.45, 2.75) is 24.8 Å². The third-order valence-corrected chi connectivity index (χ3v) is 4.64. The van der Waals surface area contributed by atoms with Gasteiger partial charge in [-0.25, -0.2) is 0 Å². The van der Waals surface area contributed by atoms with Gasteiger partial charge in [0.15, 0.2) is 6.23 Å². The van der Waals surface area contributed by atoms with Gasteiger partial charge in [-0.1, -0.05) is 30.3 Å². The summed E-state index contributed by atoms with van der Waals surface area (Å²) in [7, 11) is 1.66. The lowest BCUT2D eigenvalue weighted by molar-refractivity contribution is -0.0313. The Labute approximate surface area is 129 Å². The predicted molar refractivity (Wildman–Crippen MR) is 83.9 cm³/mol. The Kier molecular flexibility index (Phi) is 3.10. The van der Waals surface area contributed by atoms with Gasteiger partial charge in [0.25, 0.3) is 0 Å². The fraction of sp³-hybridized carbons (Fsp3) is 0.333. The molecular formula is C18H19NO3. The Hall–Kier alpha value is -2.04. The average Bonchev–Trinajstić information content (AvgIpc) is 3.04. The van der Waals surface area contributed by atoms with Gasteiger partial charge in [0, 0.05) is 24.2 Å². The number of hydrogen-bond donors (Lipinski definition) is 1. The number of fused-ring (bicyclic) bond motifs is 3. The Bertz CT molecular complexity index is 685. The van der Waals surface area contributed by atoms with Crippen LogP contribution in [-0.2, 0) is 16.9 Å². The smallest absolute Gasteiger partial charge is 0.163 e. The molecule has 1 saturated heterocycles. The zero-order chi connectivity index (χ0) is 15.2. The Morgan fingerprint density at radius 2 is 2.00 bits per heavy atom. The second-order valence-corrected chi connectivity index (χ2v) is 5.89. The number of methoxy groups -OCH3 is 1. The minimum atomic E-state index is -0.886. The monoisotopic (exact) mass is 297 g/mol. The molecule has 2 aromatic carbocycles. The molecule has 0 aliphatic carbocycles. The van der Waals surface area contributed by atoms with Crippen molar-refractivity contribution >= 4 is 5.69 Å². The Morgan fingerprint density at radius 3 is 2.77 bits per heavy atom. The lowest BCUT2D eigenvalue weighted by Gasteiger charge is -2.29. The molecule has 0 radical (unpaired) electrons. The maximum absolute atomic E-state index is 11.0. The van der Waals surface area contributed by atoms with Gasteiger partial charge in [-0.15, -0.1) is 0 Å². The summed E-state index contributed by atoms with van der Waals surface area (Å²) in [5, 5.41) is 11.0. The second-order valence-electron chi connectivity index (χ2n) is 5.89. The van der Waals surface area contributed by atoms with Gasteiger partial charge in [0.2, 0.25) is 0 Å². The van der Waals surface area contributed by atoms with E-state index in [0.29, 0.717) is 19.6 Å². The molecule has 0 spiro atoms. The normalized spacial score (nSPS) is 25.9. The van der Waals surface area contributed by atoms with E-state index in [0.717, 1.165) is 22.6 Å². The highest BCUT2D eigenvalue weighted by molar-refractivity contribution is 5.63. The van der Waals surface area contributed by atoms with E-state index >= 15 is 0 Å². The molecule has 2 atom stereocenters. The molecule has 0 saturated carbocycles. The van der Waals surface area contributed by atoms with Crippen LogP contribution in [0.1, 0.15) is 17.5 Å². The van der Waals surface area contributed by atoms with E-state index in [4.69, 9.17) is 9.47 Å². The van der Waals surface area contributed by atoms with Crippen molar-refractivity contribution in [2.75, 3.05) is 18.6 Å². The average molecular weight is 297 g/mol. The standard InChI is InChI=1S/C18H19NO3/c1-21-14-8-6-13(7-9-14)12-19-16-5-3-2-4-15(16)18(20)10-11-22-17(18)19/h2-9,17,20H,10-12H2,1H3/t17-,18+/m0/s1. The first kappa shape index (κ1) is 13.6.